The number of carbonyl (C=O) groups is 2. The molecule has 7 heteroatoms. The smallest absolute Gasteiger partial charge is 0.338 e. The highest BCUT2D eigenvalue weighted by Gasteiger charge is 2.36. The van der Waals surface area contributed by atoms with E-state index in [1.54, 1.807) is 45.9 Å². The third-order valence-corrected chi connectivity index (χ3v) is 5.10. The minimum atomic E-state index is -0.739. The molecule has 1 aliphatic rings. The van der Waals surface area contributed by atoms with Crippen LogP contribution < -0.4 is 5.73 Å². The van der Waals surface area contributed by atoms with Gasteiger partial charge in [0, 0.05) is 0 Å². The van der Waals surface area contributed by atoms with Crippen molar-refractivity contribution in [3.63, 3.8) is 0 Å². The molecule has 7 nitrogen and oxygen atoms in total. The normalized spacial score (nSPS) is 15.7. The maximum Gasteiger partial charge on any atom is 0.338 e. The van der Waals surface area contributed by atoms with Gasteiger partial charge in [0.25, 0.3) is 0 Å². The first-order valence-electron chi connectivity index (χ1n) is 10.6. The average molecular weight is 447 g/mol. The fraction of sp³-hybridized carbons (Fsp3) is 0.269. The summed E-state index contributed by atoms with van der Waals surface area (Å²) in [6, 6.07) is 16.5. The van der Waals surface area contributed by atoms with Crippen molar-refractivity contribution in [3.8, 4) is 17.2 Å². The SMILES string of the molecule is CCOC(=O)C1=C(C)OC(N)=C(C#N)C1c1cccc(-c2cccc(C(=O)OC(C)C)c2)c1. The first-order valence-corrected chi connectivity index (χ1v) is 10.6. The van der Waals surface area contributed by atoms with Crippen LogP contribution in [0.3, 0.4) is 0 Å². The fourth-order valence-electron chi connectivity index (χ4n) is 3.69. The molecule has 2 N–H and O–H groups in total. The molecule has 0 spiro atoms. The van der Waals surface area contributed by atoms with E-state index in [9.17, 15) is 14.9 Å². The van der Waals surface area contributed by atoms with E-state index in [0.29, 0.717) is 16.9 Å². The zero-order valence-corrected chi connectivity index (χ0v) is 19.0. The Labute approximate surface area is 193 Å². The van der Waals surface area contributed by atoms with Gasteiger partial charge in [0.05, 0.1) is 29.8 Å². The second kappa shape index (κ2) is 10.0. The van der Waals surface area contributed by atoms with Crippen LogP contribution in [0.5, 0.6) is 0 Å². The molecule has 1 atom stereocenters. The van der Waals surface area contributed by atoms with E-state index in [1.807, 2.05) is 30.3 Å². The van der Waals surface area contributed by atoms with Crippen molar-refractivity contribution >= 4 is 11.9 Å². The zero-order valence-electron chi connectivity index (χ0n) is 19.0. The lowest BCUT2D eigenvalue weighted by molar-refractivity contribution is -0.139. The number of benzene rings is 2. The van der Waals surface area contributed by atoms with Crippen molar-refractivity contribution in [1.29, 1.82) is 5.26 Å². The first kappa shape index (κ1) is 23.6. The molecule has 3 rings (SSSR count). The summed E-state index contributed by atoms with van der Waals surface area (Å²) >= 11 is 0. The molecule has 0 amide bonds. The number of carbonyl (C=O) groups excluding carboxylic acids is 2. The summed E-state index contributed by atoms with van der Waals surface area (Å²) < 4.78 is 16.0. The Hall–Kier alpha value is -4.05. The number of nitrogens with two attached hydrogens (primary N) is 1. The van der Waals surface area contributed by atoms with Crippen LogP contribution in [0, 0.1) is 11.3 Å². The first-order chi connectivity index (χ1) is 15.8. The van der Waals surface area contributed by atoms with Crippen LogP contribution in [0.1, 0.15) is 49.5 Å². The highest BCUT2D eigenvalue weighted by atomic mass is 16.5. The number of rotatable bonds is 6. The summed E-state index contributed by atoms with van der Waals surface area (Å²) in [6.45, 7) is 7.10. The van der Waals surface area contributed by atoms with Gasteiger partial charge >= 0.3 is 11.9 Å². The van der Waals surface area contributed by atoms with Crippen LogP contribution in [-0.2, 0) is 19.0 Å². The van der Waals surface area contributed by atoms with Crippen LogP contribution in [0.2, 0.25) is 0 Å². The molecule has 1 heterocycles. The Morgan fingerprint density at radius 3 is 2.42 bits per heavy atom. The largest absolute Gasteiger partial charge is 0.463 e. The summed E-state index contributed by atoms with van der Waals surface area (Å²) in [6.07, 6.45) is -0.226. The monoisotopic (exact) mass is 446 g/mol. The lowest BCUT2D eigenvalue weighted by Crippen LogP contribution is -2.25. The van der Waals surface area contributed by atoms with Crippen LogP contribution in [0.15, 0.2) is 71.3 Å². The van der Waals surface area contributed by atoms with Gasteiger partial charge in [0.1, 0.15) is 17.4 Å². The Balaban J connectivity index is 2.08. The topological polar surface area (TPSA) is 112 Å². The lowest BCUT2D eigenvalue weighted by atomic mass is 9.82. The molecule has 0 aliphatic carbocycles. The van der Waals surface area contributed by atoms with E-state index in [2.05, 4.69) is 6.07 Å². The molecule has 33 heavy (non-hydrogen) atoms. The summed E-state index contributed by atoms with van der Waals surface area (Å²) in [5, 5.41) is 9.77. The maximum atomic E-state index is 12.7. The highest BCUT2D eigenvalue weighted by Crippen LogP contribution is 2.40. The molecule has 1 aliphatic heterocycles. The molecule has 1 unspecified atom stereocenters. The quantitative estimate of drug-likeness (QED) is 0.647. The molecule has 2 aromatic carbocycles. The predicted molar refractivity (Wildman–Crippen MR) is 122 cm³/mol. The summed E-state index contributed by atoms with van der Waals surface area (Å²) in [5.74, 6) is -1.46. The number of ether oxygens (including phenoxy) is 3. The molecule has 170 valence electrons. The minimum absolute atomic E-state index is 0.0446. The van der Waals surface area contributed by atoms with Gasteiger partial charge in [-0.15, -0.1) is 0 Å². The molecule has 0 saturated carbocycles. The van der Waals surface area contributed by atoms with Crippen molar-refractivity contribution in [1.82, 2.24) is 0 Å². The standard InChI is InChI=1S/C26H26N2O5/c1-5-31-26(30)22-16(4)33-24(28)21(14-27)23(22)19-10-6-8-17(12-19)18-9-7-11-20(13-18)25(29)32-15(2)3/h6-13,15,23H,5,28H2,1-4H3. The van der Waals surface area contributed by atoms with Crippen LogP contribution in [0.25, 0.3) is 11.1 Å². The Kier molecular flexibility index (Phi) is 7.19. The lowest BCUT2D eigenvalue weighted by Gasteiger charge is -2.27. The van der Waals surface area contributed by atoms with Crippen LogP contribution >= 0.6 is 0 Å². The molecular weight excluding hydrogens is 420 g/mol. The third-order valence-electron chi connectivity index (χ3n) is 5.10. The van der Waals surface area contributed by atoms with Crippen molar-refractivity contribution in [2.24, 2.45) is 5.73 Å². The molecule has 0 bridgehead atoms. The number of hydrogen-bond acceptors (Lipinski definition) is 7. The molecule has 0 saturated heterocycles. The molecular formula is C26H26N2O5. The van der Waals surface area contributed by atoms with Gasteiger partial charge in [-0.1, -0.05) is 36.4 Å². The molecule has 0 fully saturated rings. The molecule has 2 aromatic rings. The molecule has 0 radical (unpaired) electrons. The summed E-state index contributed by atoms with van der Waals surface area (Å²) in [5.41, 5.74) is 9.04. The highest BCUT2D eigenvalue weighted by molar-refractivity contribution is 5.93. The maximum absolute atomic E-state index is 12.7. The summed E-state index contributed by atoms with van der Waals surface area (Å²) in [7, 11) is 0. The predicted octanol–water partition coefficient (Wildman–Crippen LogP) is 4.56. The minimum Gasteiger partial charge on any atom is -0.463 e. The van der Waals surface area contributed by atoms with E-state index in [-0.39, 0.29) is 29.7 Å². The van der Waals surface area contributed by atoms with Gasteiger partial charge < -0.3 is 19.9 Å². The number of hydrogen-bond donors (Lipinski definition) is 1. The number of nitrogens with zero attached hydrogens (tertiary/aromatic N) is 1. The van der Waals surface area contributed by atoms with Gasteiger partial charge in [0.2, 0.25) is 5.88 Å². The van der Waals surface area contributed by atoms with Crippen molar-refractivity contribution in [2.75, 3.05) is 6.61 Å². The second-order valence-electron chi connectivity index (χ2n) is 7.78. The van der Waals surface area contributed by atoms with E-state index >= 15 is 0 Å². The molecule has 0 aromatic heterocycles. The Bertz CT molecular complexity index is 1190. The van der Waals surface area contributed by atoms with Crippen LogP contribution in [0.4, 0.5) is 0 Å². The van der Waals surface area contributed by atoms with Gasteiger partial charge in [0.15, 0.2) is 0 Å². The van der Waals surface area contributed by atoms with Crippen molar-refractivity contribution in [2.45, 2.75) is 39.7 Å². The number of allylic oxidation sites excluding steroid dienone is 2. The van der Waals surface area contributed by atoms with Gasteiger partial charge in [-0.05, 0) is 56.5 Å². The van der Waals surface area contributed by atoms with Crippen molar-refractivity contribution in [3.05, 3.63) is 82.4 Å². The fourth-order valence-corrected chi connectivity index (χ4v) is 3.69. The van der Waals surface area contributed by atoms with Crippen molar-refractivity contribution < 1.29 is 23.8 Å². The van der Waals surface area contributed by atoms with Gasteiger partial charge in [-0.2, -0.15) is 5.26 Å². The average Bonchev–Trinajstić information content (AvgIpc) is 2.78. The zero-order chi connectivity index (χ0) is 24.1. The van der Waals surface area contributed by atoms with E-state index in [1.165, 1.54) is 0 Å². The Morgan fingerprint density at radius 2 is 1.79 bits per heavy atom. The van der Waals surface area contributed by atoms with E-state index < -0.39 is 17.9 Å². The van der Waals surface area contributed by atoms with E-state index in [4.69, 9.17) is 19.9 Å². The second-order valence-corrected chi connectivity index (χ2v) is 7.78. The summed E-state index contributed by atoms with van der Waals surface area (Å²) in [4.78, 5) is 25.1. The third kappa shape index (κ3) is 5.07. The number of nitriles is 1. The van der Waals surface area contributed by atoms with E-state index in [0.717, 1.165) is 11.1 Å². The number of esters is 2. The van der Waals surface area contributed by atoms with Gasteiger partial charge in [-0.3, -0.25) is 0 Å². The Morgan fingerprint density at radius 1 is 1.12 bits per heavy atom. The van der Waals surface area contributed by atoms with Crippen LogP contribution in [-0.4, -0.2) is 24.6 Å². The van der Waals surface area contributed by atoms with Gasteiger partial charge in [-0.25, -0.2) is 9.59 Å².